The molecule has 1 unspecified atom stereocenters. The van der Waals surface area contributed by atoms with Crippen molar-refractivity contribution in [3.8, 4) is 5.75 Å². The van der Waals surface area contributed by atoms with Crippen molar-refractivity contribution in [1.82, 2.24) is 4.90 Å². The number of aliphatic hydroxyl groups is 1. The fraction of sp³-hybridized carbons (Fsp3) is 0.312. The topological polar surface area (TPSA) is 49.8 Å². The third kappa shape index (κ3) is 4.31. The average Bonchev–Trinajstić information content (AvgIpc) is 3.00. The molecule has 21 heavy (non-hydrogen) atoms. The van der Waals surface area contributed by atoms with Crippen LogP contribution in [-0.4, -0.2) is 36.1 Å². The maximum atomic E-state index is 12.0. The van der Waals surface area contributed by atoms with Crippen molar-refractivity contribution < 1.29 is 14.6 Å². The molecule has 0 aliphatic rings. The predicted octanol–water partition coefficient (Wildman–Crippen LogP) is 2.63. The van der Waals surface area contributed by atoms with Crippen LogP contribution in [0.5, 0.6) is 5.75 Å². The molecule has 0 bridgehead atoms. The largest absolute Gasteiger partial charge is 0.484 e. The summed E-state index contributed by atoms with van der Waals surface area (Å²) in [6.07, 6.45) is -0.655. The van der Waals surface area contributed by atoms with Crippen LogP contribution in [0.2, 0.25) is 0 Å². The second-order valence-electron chi connectivity index (χ2n) is 4.86. The lowest BCUT2D eigenvalue weighted by molar-refractivity contribution is -0.133. The van der Waals surface area contributed by atoms with Gasteiger partial charge in [0.25, 0.3) is 5.91 Å². The predicted molar refractivity (Wildman–Crippen MR) is 83.6 cm³/mol. The Morgan fingerprint density at radius 2 is 2.10 bits per heavy atom. The van der Waals surface area contributed by atoms with E-state index in [1.807, 2.05) is 48.7 Å². The number of rotatable bonds is 6. The van der Waals surface area contributed by atoms with Gasteiger partial charge < -0.3 is 14.7 Å². The third-order valence-electron chi connectivity index (χ3n) is 3.19. The van der Waals surface area contributed by atoms with E-state index in [2.05, 4.69) is 0 Å². The molecular formula is C16H19NO3S. The zero-order valence-electron chi connectivity index (χ0n) is 12.2. The number of para-hydroxylation sites is 1. The number of hydrogen-bond donors (Lipinski definition) is 1. The second kappa shape index (κ2) is 7.24. The highest BCUT2D eigenvalue weighted by Crippen LogP contribution is 2.20. The Morgan fingerprint density at radius 3 is 2.76 bits per heavy atom. The van der Waals surface area contributed by atoms with E-state index in [9.17, 15) is 9.90 Å². The Labute approximate surface area is 128 Å². The Balaban J connectivity index is 1.84. The van der Waals surface area contributed by atoms with Gasteiger partial charge in [-0.2, -0.15) is 0 Å². The molecule has 1 amide bonds. The van der Waals surface area contributed by atoms with E-state index in [1.165, 1.54) is 16.2 Å². The first kappa shape index (κ1) is 15.5. The molecule has 0 aliphatic heterocycles. The van der Waals surface area contributed by atoms with Crippen LogP contribution in [0, 0.1) is 6.92 Å². The number of carbonyl (C=O) groups is 1. The fourth-order valence-electron chi connectivity index (χ4n) is 1.90. The number of nitrogens with zero attached hydrogens (tertiary/aromatic N) is 1. The summed E-state index contributed by atoms with van der Waals surface area (Å²) >= 11 is 1.48. The van der Waals surface area contributed by atoms with E-state index in [0.717, 1.165) is 10.4 Å². The van der Waals surface area contributed by atoms with E-state index < -0.39 is 6.10 Å². The minimum atomic E-state index is -0.655. The molecule has 0 aliphatic carbocycles. The van der Waals surface area contributed by atoms with Crippen molar-refractivity contribution in [3.63, 3.8) is 0 Å². The zero-order valence-corrected chi connectivity index (χ0v) is 13.0. The molecule has 1 N–H and O–H groups in total. The molecule has 0 radical (unpaired) electrons. The maximum Gasteiger partial charge on any atom is 0.260 e. The summed E-state index contributed by atoms with van der Waals surface area (Å²) in [4.78, 5) is 14.4. The summed E-state index contributed by atoms with van der Waals surface area (Å²) in [5.41, 5.74) is 0.992. The lowest BCUT2D eigenvalue weighted by Gasteiger charge is -2.20. The number of aryl methyl sites for hydroxylation is 1. The Bertz CT molecular complexity index is 583. The summed E-state index contributed by atoms with van der Waals surface area (Å²) in [7, 11) is 1.67. The molecule has 1 atom stereocenters. The number of benzene rings is 1. The van der Waals surface area contributed by atoms with Gasteiger partial charge in [0.2, 0.25) is 0 Å². The second-order valence-corrected chi connectivity index (χ2v) is 5.84. The number of amides is 1. The van der Waals surface area contributed by atoms with Crippen LogP contribution in [0.25, 0.3) is 0 Å². The Kier molecular flexibility index (Phi) is 5.36. The molecule has 1 heterocycles. The Morgan fingerprint density at radius 1 is 1.33 bits per heavy atom. The van der Waals surface area contributed by atoms with Gasteiger partial charge >= 0.3 is 0 Å². The van der Waals surface area contributed by atoms with Crippen molar-refractivity contribution >= 4 is 17.2 Å². The molecule has 2 aromatic rings. The summed E-state index contributed by atoms with van der Waals surface area (Å²) in [6.45, 7) is 2.17. The highest BCUT2D eigenvalue weighted by molar-refractivity contribution is 7.10. The molecule has 1 aromatic carbocycles. The van der Waals surface area contributed by atoms with Crippen molar-refractivity contribution in [2.24, 2.45) is 0 Å². The van der Waals surface area contributed by atoms with Crippen molar-refractivity contribution in [2.75, 3.05) is 20.2 Å². The van der Waals surface area contributed by atoms with Crippen LogP contribution in [0.4, 0.5) is 0 Å². The maximum absolute atomic E-state index is 12.0. The highest BCUT2D eigenvalue weighted by Gasteiger charge is 2.16. The van der Waals surface area contributed by atoms with Gasteiger partial charge in [-0.1, -0.05) is 24.3 Å². The number of thiophene rings is 1. The average molecular weight is 305 g/mol. The minimum absolute atomic E-state index is 0.0293. The van der Waals surface area contributed by atoms with Gasteiger partial charge in [-0.05, 0) is 30.0 Å². The first-order valence-electron chi connectivity index (χ1n) is 6.72. The van der Waals surface area contributed by atoms with E-state index in [4.69, 9.17) is 4.74 Å². The van der Waals surface area contributed by atoms with Gasteiger partial charge in [-0.25, -0.2) is 0 Å². The molecule has 4 nitrogen and oxygen atoms in total. The van der Waals surface area contributed by atoms with Crippen LogP contribution >= 0.6 is 11.3 Å². The Hall–Kier alpha value is -1.85. The van der Waals surface area contributed by atoms with Gasteiger partial charge in [0, 0.05) is 11.9 Å². The standard InChI is InChI=1S/C16H19NO3S/c1-12-6-3-4-7-14(12)20-11-16(19)17(2)10-13(18)15-8-5-9-21-15/h3-9,13,18H,10-11H2,1-2H3. The molecular weight excluding hydrogens is 286 g/mol. The van der Waals surface area contributed by atoms with Crippen LogP contribution in [0.1, 0.15) is 16.5 Å². The normalized spacial score (nSPS) is 12.0. The number of aliphatic hydroxyl groups excluding tert-OH is 1. The third-order valence-corrected chi connectivity index (χ3v) is 4.16. The first-order chi connectivity index (χ1) is 10.1. The molecule has 2 rings (SSSR count). The summed E-state index contributed by atoms with van der Waals surface area (Å²) in [5, 5.41) is 11.9. The van der Waals surface area contributed by atoms with E-state index in [-0.39, 0.29) is 19.1 Å². The number of hydrogen-bond acceptors (Lipinski definition) is 4. The lowest BCUT2D eigenvalue weighted by Crippen LogP contribution is -2.34. The van der Waals surface area contributed by atoms with Gasteiger partial charge in [0.1, 0.15) is 11.9 Å². The van der Waals surface area contributed by atoms with E-state index in [0.29, 0.717) is 5.75 Å². The van der Waals surface area contributed by atoms with Crippen LogP contribution in [0.3, 0.4) is 0 Å². The summed E-state index contributed by atoms with van der Waals surface area (Å²) < 4.78 is 5.52. The molecule has 0 saturated heterocycles. The van der Waals surface area contributed by atoms with E-state index >= 15 is 0 Å². The SMILES string of the molecule is Cc1ccccc1OCC(=O)N(C)CC(O)c1cccs1. The highest BCUT2D eigenvalue weighted by atomic mass is 32.1. The van der Waals surface area contributed by atoms with Crippen LogP contribution in [0.15, 0.2) is 41.8 Å². The van der Waals surface area contributed by atoms with Crippen LogP contribution in [-0.2, 0) is 4.79 Å². The smallest absolute Gasteiger partial charge is 0.260 e. The molecule has 0 spiro atoms. The molecule has 1 aromatic heterocycles. The zero-order chi connectivity index (χ0) is 15.2. The minimum Gasteiger partial charge on any atom is -0.484 e. The van der Waals surface area contributed by atoms with Gasteiger partial charge in [0.15, 0.2) is 6.61 Å². The van der Waals surface area contributed by atoms with Gasteiger partial charge in [-0.15, -0.1) is 11.3 Å². The number of likely N-dealkylation sites (N-methyl/N-ethyl adjacent to an activating group) is 1. The number of carbonyl (C=O) groups excluding carboxylic acids is 1. The van der Waals surface area contributed by atoms with Gasteiger partial charge in [0.05, 0.1) is 6.54 Å². The molecule has 5 heteroatoms. The molecule has 0 fully saturated rings. The monoisotopic (exact) mass is 305 g/mol. The van der Waals surface area contributed by atoms with Crippen molar-refractivity contribution in [2.45, 2.75) is 13.0 Å². The summed E-state index contributed by atoms with van der Waals surface area (Å²) in [6, 6.07) is 11.3. The van der Waals surface area contributed by atoms with Crippen molar-refractivity contribution in [1.29, 1.82) is 0 Å². The quantitative estimate of drug-likeness (QED) is 0.892. The van der Waals surface area contributed by atoms with Crippen molar-refractivity contribution in [3.05, 3.63) is 52.2 Å². The summed E-state index contributed by atoms with van der Waals surface area (Å²) in [5.74, 6) is 0.548. The lowest BCUT2D eigenvalue weighted by atomic mass is 10.2. The number of ether oxygens (including phenoxy) is 1. The van der Waals surface area contributed by atoms with E-state index in [1.54, 1.807) is 7.05 Å². The van der Waals surface area contributed by atoms with Crippen LogP contribution < -0.4 is 4.74 Å². The molecule has 0 saturated carbocycles. The fourth-order valence-corrected chi connectivity index (χ4v) is 2.60. The first-order valence-corrected chi connectivity index (χ1v) is 7.59. The molecule has 112 valence electrons. The van der Waals surface area contributed by atoms with Gasteiger partial charge in [-0.3, -0.25) is 4.79 Å².